The Morgan fingerprint density at radius 3 is 2.90 bits per heavy atom. The Balaban J connectivity index is 1.49. The molecule has 0 spiro atoms. The smallest absolute Gasteiger partial charge is 0.419 e. The molecule has 1 aromatic carbocycles. The molecule has 3 heterocycles. The number of hydrogen-bond donors (Lipinski definition) is 1. The van der Waals surface area contributed by atoms with Gasteiger partial charge in [-0.2, -0.15) is 13.2 Å². The van der Waals surface area contributed by atoms with Gasteiger partial charge in [-0.15, -0.1) is 0 Å². The summed E-state index contributed by atoms with van der Waals surface area (Å²) >= 11 is 3.44. The lowest BCUT2D eigenvalue weighted by molar-refractivity contribution is -0.137. The highest BCUT2D eigenvalue weighted by Crippen LogP contribution is 2.37. The average molecular weight is 484 g/mol. The molecule has 2 aliphatic rings. The Morgan fingerprint density at radius 2 is 2.10 bits per heavy atom. The van der Waals surface area contributed by atoms with Crippen LogP contribution in [0.3, 0.4) is 0 Å². The van der Waals surface area contributed by atoms with E-state index in [1.165, 1.54) is 12.3 Å². The van der Waals surface area contributed by atoms with Gasteiger partial charge >= 0.3 is 6.18 Å². The number of rotatable bonds is 3. The van der Waals surface area contributed by atoms with Crippen molar-refractivity contribution in [2.45, 2.75) is 31.5 Å². The molecule has 4 rings (SSSR count). The van der Waals surface area contributed by atoms with Crippen molar-refractivity contribution in [2.24, 2.45) is 5.92 Å². The molecule has 160 valence electrons. The molecule has 2 unspecified atom stereocenters. The number of anilines is 1. The molecule has 1 N–H and O–H groups in total. The fraction of sp³-hybridized carbons (Fsp3) is 0.429. The molecule has 1 saturated heterocycles. The number of benzene rings is 1. The van der Waals surface area contributed by atoms with Crippen LogP contribution in [0.2, 0.25) is 0 Å². The van der Waals surface area contributed by atoms with E-state index in [9.17, 15) is 18.0 Å². The molecule has 2 aliphatic heterocycles. The minimum atomic E-state index is -4.49. The second kappa shape index (κ2) is 8.45. The summed E-state index contributed by atoms with van der Waals surface area (Å²) in [5.41, 5.74) is 0.134. The Morgan fingerprint density at radius 1 is 1.27 bits per heavy atom. The number of ether oxygens (including phenoxy) is 1. The van der Waals surface area contributed by atoms with Crippen molar-refractivity contribution >= 4 is 27.7 Å². The molecule has 0 aliphatic carbocycles. The highest BCUT2D eigenvalue weighted by atomic mass is 79.9. The molecule has 1 fully saturated rings. The van der Waals surface area contributed by atoms with Gasteiger partial charge in [0.15, 0.2) is 0 Å². The number of amides is 1. The molecule has 1 aromatic heterocycles. The second-order valence-corrected chi connectivity index (χ2v) is 8.45. The summed E-state index contributed by atoms with van der Waals surface area (Å²) in [7, 11) is 0. The fourth-order valence-electron chi connectivity index (χ4n) is 4.06. The number of aromatic nitrogens is 1. The van der Waals surface area contributed by atoms with E-state index in [4.69, 9.17) is 4.74 Å². The third-order valence-electron chi connectivity index (χ3n) is 5.51. The Bertz CT molecular complexity index is 938. The van der Waals surface area contributed by atoms with E-state index < -0.39 is 17.7 Å². The lowest BCUT2D eigenvalue weighted by atomic mass is 9.94. The van der Waals surface area contributed by atoms with E-state index in [-0.39, 0.29) is 24.3 Å². The van der Waals surface area contributed by atoms with Crippen LogP contribution in [-0.4, -0.2) is 30.6 Å². The number of carbonyl (C=O) groups is 1. The van der Waals surface area contributed by atoms with Crippen molar-refractivity contribution in [2.75, 3.05) is 24.6 Å². The summed E-state index contributed by atoms with van der Waals surface area (Å²) in [4.78, 5) is 18.5. The van der Waals surface area contributed by atoms with Gasteiger partial charge in [-0.1, -0.05) is 15.9 Å². The molecular weight excluding hydrogens is 463 g/mol. The topological polar surface area (TPSA) is 54.5 Å². The summed E-state index contributed by atoms with van der Waals surface area (Å²) in [6.07, 6.45) is -1.24. The monoisotopic (exact) mass is 483 g/mol. The maximum absolute atomic E-state index is 13.4. The van der Waals surface area contributed by atoms with Crippen LogP contribution < -0.4 is 15.0 Å². The van der Waals surface area contributed by atoms with Crippen LogP contribution >= 0.6 is 15.9 Å². The van der Waals surface area contributed by atoms with Gasteiger partial charge in [-0.25, -0.2) is 4.98 Å². The lowest BCUT2D eigenvalue weighted by Crippen LogP contribution is -2.45. The van der Waals surface area contributed by atoms with Crippen LogP contribution in [0.15, 0.2) is 41.0 Å². The molecule has 2 aromatic rings. The van der Waals surface area contributed by atoms with E-state index in [0.717, 1.165) is 21.9 Å². The highest BCUT2D eigenvalue weighted by Gasteiger charge is 2.37. The number of carbonyl (C=O) groups excluding carboxylic acids is 1. The van der Waals surface area contributed by atoms with Crippen LogP contribution in [0.1, 0.15) is 36.4 Å². The molecule has 2 atom stereocenters. The summed E-state index contributed by atoms with van der Waals surface area (Å²) in [6, 6.07) is 7.79. The second-order valence-electron chi connectivity index (χ2n) is 7.54. The zero-order chi connectivity index (χ0) is 21.3. The maximum Gasteiger partial charge on any atom is 0.419 e. The molecule has 5 nitrogen and oxygen atoms in total. The van der Waals surface area contributed by atoms with Crippen molar-refractivity contribution in [3.05, 3.63) is 52.1 Å². The van der Waals surface area contributed by atoms with Crippen LogP contribution in [0.25, 0.3) is 0 Å². The number of alkyl halides is 3. The van der Waals surface area contributed by atoms with Gasteiger partial charge in [0.1, 0.15) is 11.6 Å². The van der Waals surface area contributed by atoms with Crippen molar-refractivity contribution < 1.29 is 22.7 Å². The van der Waals surface area contributed by atoms with Crippen LogP contribution in [-0.2, 0) is 11.0 Å². The lowest BCUT2D eigenvalue weighted by Gasteiger charge is -2.35. The van der Waals surface area contributed by atoms with E-state index >= 15 is 0 Å². The Hall–Kier alpha value is -2.29. The average Bonchev–Trinajstić information content (AvgIpc) is 2.73. The molecule has 9 heteroatoms. The number of hydrogen-bond acceptors (Lipinski definition) is 4. The van der Waals surface area contributed by atoms with Crippen molar-refractivity contribution in [3.63, 3.8) is 0 Å². The Kier molecular flexibility index (Phi) is 5.90. The van der Waals surface area contributed by atoms with Crippen molar-refractivity contribution in [1.82, 2.24) is 10.3 Å². The van der Waals surface area contributed by atoms with Gasteiger partial charge in [0.2, 0.25) is 5.91 Å². The first kappa shape index (κ1) is 21.0. The first-order chi connectivity index (χ1) is 14.3. The van der Waals surface area contributed by atoms with E-state index in [1.54, 1.807) is 4.90 Å². The summed E-state index contributed by atoms with van der Waals surface area (Å²) in [5.74, 6) is 0.0773. The molecule has 0 bridgehead atoms. The maximum atomic E-state index is 13.4. The first-order valence-corrected chi connectivity index (χ1v) is 10.6. The molecule has 0 saturated carbocycles. The minimum absolute atomic E-state index is 0.108. The zero-order valence-electron chi connectivity index (χ0n) is 16.1. The number of nitrogens with zero attached hydrogens (tertiary/aromatic N) is 2. The zero-order valence-corrected chi connectivity index (χ0v) is 17.7. The van der Waals surface area contributed by atoms with Gasteiger partial charge < -0.3 is 15.0 Å². The predicted octanol–water partition coefficient (Wildman–Crippen LogP) is 4.72. The normalized spacial score (nSPS) is 21.5. The van der Waals surface area contributed by atoms with Crippen molar-refractivity contribution in [1.29, 1.82) is 0 Å². The van der Waals surface area contributed by atoms with E-state index in [1.807, 2.05) is 18.2 Å². The SMILES string of the molecule is O=C(NC1CCOc2ccc(Br)cc21)C1CCCN(c2ncccc2C(F)(F)F)C1. The molecule has 0 radical (unpaired) electrons. The van der Waals surface area contributed by atoms with Gasteiger partial charge in [0, 0.05) is 35.7 Å². The standard InChI is InChI=1S/C21H21BrF3N3O2/c22-14-5-6-18-15(11-14)17(7-10-30-18)27-20(29)13-3-2-9-28(12-13)19-16(21(23,24)25)4-1-8-26-19/h1,4-6,8,11,13,17H,2-3,7,9-10,12H2,(H,27,29). The van der Waals surface area contributed by atoms with E-state index in [2.05, 4.69) is 26.2 Å². The van der Waals surface area contributed by atoms with E-state index in [0.29, 0.717) is 32.4 Å². The number of pyridine rings is 1. The van der Waals surface area contributed by atoms with Gasteiger partial charge in [0.05, 0.1) is 24.1 Å². The summed E-state index contributed by atoms with van der Waals surface area (Å²) in [5, 5.41) is 3.08. The van der Waals surface area contributed by atoms with Crippen LogP contribution in [0, 0.1) is 5.92 Å². The summed E-state index contributed by atoms with van der Waals surface area (Å²) < 4.78 is 46.7. The van der Waals surface area contributed by atoms with Gasteiger partial charge in [-0.05, 0) is 43.2 Å². The van der Waals surface area contributed by atoms with Crippen LogP contribution in [0.4, 0.5) is 19.0 Å². The van der Waals surface area contributed by atoms with Gasteiger partial charge in [0.25, 0.3) is 0 Å². The highest BCUT2D eigenvalue weighted by molar-refractivity contribution is 9.10. The fourth-order valence-corrected chi connectivity index (χ4v) is 4.44. The number of piperidine rings is 1. The third-order valence-corrected chi connectivity index (χ3v) is 6.00. The minimum Gasteiger partial charge on any atom is -0.493 e. The third kappa shape index (κ3) is 4.40. The Labute approximate surface area is 180 Å². The van der Waals surface area contributed by atoms with Crippen molar-refractivity contribution in [3.8, 4) is 5.75 Å². The molecule has 1 amide bonds. The molecule has 30 heavy (non-hydrogen) atoms. The number of halogens is 4. The predicted molar refractivity (Wildman–Crippen MR) is 109 cm³/mol. The van der Waals surface area contributed by atoms with Crippen LogP contribution in [0.5, 0.6) is 5.75 Å². The first-order valence-electron chi connectivity index (χ1n) is 9.82. The molecular formula is C21H21BrF3N3O2. The largest absolute Gasteiger partial charge is 0.493 e. The number of fused-ring (bicyclic) bond motifs is 1. The summed E-state index contributed by atoms with van der Waals surface area (Å²) in [6.45, 7) is 1.15. The quantitative estimate of drug-likeness (QED) is 0.686. The van der Waals surface area contributed by atoms with Gasteiger partial charge in [-0.3, -0.25) is 4.79 Å². The number of nitrogens with one attached hydrogen (secondary N) is 1.